The largest absolute Gasteiger partial charge is 0.508 e. The Labute approximate surface area is 137 Å². The number of rotatable bonds is 3. The molecule has 0 saturated carbocycles. The van der Waals surface area contributed by atoms with Gasteiger partial charge in [0.25, 0.3) is 5.91 Å². The summed E-state index contributed by atoms with van der Waals surface area (Å²) in [6, 6.07) is 11.6. The number of hydrogen-bond acceptors (Lipinski definition) is 3. The molecule has 0 fully saturated rings. The lowest BCUT2D eigenvalue weighted by molar-refractivity contribution is 0.0954. The van der Waals surface area contributed by atoms with Crippen molar-refractivity contribution in [3.63, 3.8) is 0 Å². The monoisotopic (exact) mass is 327 g/mol. The molecule has 3 aromatic rings. The van der Waals surface area contributed by atoms with Crippen molar-refractivity contribution in [1.82, 2.24) is 10.4 Å². The Bertz CT molecular complexity index is 915. The minimum atomic E-state index is -0.391. The fourth-order valence-corrected chi connectivity index (χ4v) is 2.47. The van der Waals surface area contributed by atoms with Gasteiger partial charge in [-0.15, -0.1) is 0 Å². The quantitative estimate of drug-likeness (QED) is 0.507. The first-order chi connectivity index (χ1) is 11.0. The van der Waals surface area contributed by atoms with Crippen LogP contribution < -0.4 is 5.43 Å². The summed E-state index contributed by atoms with van der Waals surface area (Å²) < 4.78 is 0. The molecule has 6 heteroatoms. The molecule has 3 N–H and O–H groups in total. The Morgan fingerprint density at radius 2 is 2.09 bits per heavy atom. The summed E-state index contributed by atoms with van der Waals surface area (Å²) in [5.41, 5.74) is 5.27. The van der Waals surface area contributed by atoms with E-state index in [1.807, 2.05) is 18.3 Å². The number of phenolic OH excluding ortho intramolecular Hbond substituents is 1. The second-order valence-corrected chi connectivity index (χ2v) is 5.52. The van der Waals surface area contributed by atoms with Gasteiger partial charge in [-0.2, -0.15) is 5.10 Å². The van der Waals surface area contributed by atoms with Gasteiger partial charge in [-0.05, 0) is 43.3 Å². The average molecular weight is 328 g/mol. The highest BCUT2D eigenvalue weighted by Gasteiger charge is 2.09. The van der Waals surface area contributed by atoms with E-state index in [9.17, 15) is 9.90 Å². The van der Waals surface area contributed by atoms with Crippen molar-refractivity contribution in [2.45, 2.75) is 6.92 Å². The van der Waals surface area contributed by atoms with Crippen molar-refractivity contribution in [2.75, 3.05) is 0 Å². The maximum Gasteiger partial charge on any atom is 0.271 e. The molecule has 2 aromatic carbocycles. The minimum Gasteiger partial charge on any atom is -0.508 e. The van der Waals surface area contributed by atoms with Crippen molar-refractivity contribution in [3.8, 4) is 5.75 Å². The third-order valence-electron chi connectivity index (χ3n) is 3.47. The van der Waals surface area contributed by atoms with Crippen LogP contribution in [-0.4, -0.2) is 21.7 Å². The Balaban J connectivity index is 1.84. The molecule has 5 nitrogen and oxygen atoms in total. The molecule has 3 rings (SSSR count). The summed E-state index contributed by atoms with van der Waals surface area (Å²) in [4.78, 5) is 15.2. The van der Waals surface area contributed by atoms with Crippen molar-refractivity contribution in [1.29, 1.82) is 0 Å². The third-order valence-corrected chi connectivity index (χ3v) is 3.70. The number of carbonyl (C=O) groups excluding carboxylic acids is 1. The summed E-state index contributed by atoms with van der Waals surface area (Å²) in [5, 5.41) is 15.1. The van der Waals surface area contributed by atoms with Crippen LogP contribution >= 0.6 is 11.6 Å². The number of H-pyrrole nitrogens is 1. The maximum atomic E-state index is 12.0. The number of phenols is 1. The van der Waals surface area contributed by atoms with Crippen LogP contribution in [0.4, 0.5) is 0 Å². The smallest absolute Gasteiger partial charge is 0.271 e. The van der Waals surface area contributed by atoms with Crippen molar-refractivity contribution < 1.29 is 9.90 Å². The molecule has 0 aliphatic rings. The molecule has 1 amide bonds. The number of amides is 1. The number of benzene rings is 2. The van der Waals surface area contributed by atoms with Crippen LogP contribution in [0, 0.1) is 0 Å². The van der Waals surface area contributed by atoms with Crippen LogP contribution in [0.2, 0.25) is 5.02 Å². The fourth-order valence-electron chi connectivity index (χ4n) is 2.30. The van der Waals surface area contributed by atoms with E-state index in [-0.39, 0.29) is 5.75 Å². The molecule has 0 radical (unpaired) electrons. The van der Waals surface area contributed by atoms with Crippen LogP contribution in [0.25, 0.3) is 10.9 Å². The number of aromatic hydroxyl groups is 1. The lowest BCUT2D eigenvalue weighted by Crippen LogP contribution is -2.19. The molecule has 116 valence electrons. The lowest BCUT2D eigenvalue weighted by atomic mass is 10.1. The van der Waals surface area contributed by atoms with Crippen LogP contribution in [0.15, 0.2) is 53.8 Å². The number of nitrogens with one attached hydrogen (secondary N) is 2. The van der Waals surface area contributed by atoms with E-state index in [0.717, 1.165) is 16.5 Å². The average Bonchev–Trinajstić information content (AvgIpc) is 2.95. The number of fused-ring (bicyclic) bond motifs is 1. The van der Waals surface area contributed by atoms with Gasteiger partial charge in [0.15, 0.2) is 0 Å². The molecule has 23 heavy (non-hydrogen) atoms. The zero-order valence-corrected chi connectivity index (χ0v) is 13.1. The van der Waals surface area contributed by atoms with Gasteiger partial charge in [-0.25, -0.2) is 5.43 Å². The highest BCUT2D eigenvalue weighted by molar-refractivity contribution is 6.31. The van der Waals surface area contributed by atoms with Gasteiger partial charge in [0, 0.05) is 33.2 Å². The molecule has 0 spiro atoms. The summed E-state index contributed by atoms with van der Waals surface area (Å²) in [6.07, 6.45) is 1.82. The molecule has 0 aliphatic heterocycles. The predicted octanol–water partition coefficient (Wildman–Crippen LogP) is 3.68. The van der Waals surface area contributed by atoms with E-state index < -0.39 is 5.91 Å². The van der Waals surface area contributed by atoms with Gasteiger partial charge < -0.3 is 10.1 Å². The van der Waals surface area contributed by atoms with E-state index in [1.165, 1.54) is 12.1 Å². The standard InChI is InChI=1S/C17H14ClN3O2/c1-10(15-9-19-16-6-5-12(18)8-14(15)16)20-21-17(23)11-3-2-4-13(22)7-11/h2-9,19,22H,1H3,(H,21,23)/b20-10+. The van der Waals surface area contributed by atoms with Crippen molar-refractivity contribution >= 4 is 34.1 Å². The number of nitrogens with zero attached hydrogens (tertiary/aromatic N) is 1. The van der Waals surface area contributed by atoms with E-state index in [2.05, 4.69) is 15.5 Å². The topological polar surface area (TPSA) is 77.5 Å². The van der Waals surface area contributed by atoms with Gasteiger partial charge in [0.05, 0.1) is 5.71 Å². The van der Waals surface area contributed by atoms with Crippen molar-refractivity contribution in [3.05, 3.63) is 64.8 Å². The van der Waals surface area contributed by atoms with Gasteiger partial charge in [0.1, 0.15) is 5.75 Å². The predicted molar refractivity (Wildman–Crippen MR) is 91.1 cm³/mol. The zero-order valence-electron chi connectivity index (χ0n) is 12.3. The molecule has 0 aliphatic carbocycles. The molecular formula is C17H14ClN3O2. The third kappa shape index (κ3) is 3.19. The highest BCUT2D eigenvalue weighted by Crippen LogP contribution is 2.22. The number of hydrazone groups is 1. The minimum absolute atomic E-state index is 0.0321. The molecule has 1 heterocycles. The van der Waals surface area contributed by atoms with Crippen LogP contribution in [0.5, 0.6) is 5.75 Å². The van der Waals surface area contributed by atoms with E-state index in [1.54, 1.807) is 25.1 Å². The Kier molecular flexibility index (Phi) is 4.04. The lowest BCUT2D eigenvalue weighted by Gasteiger charge is -2.03. The van der Waals surface area contributed by atoms with Gasteiger partial charge >= 0.3 is 0 Å². The zero-order chi connectivity index (χ0) is 16.4. The normalized spacial score (nSPS) is 11.7. The molecule has 0 bridgehead atoms. The van der Waals surface area contributed by atoms with Gasteiger partial charge in [-0.1, -0.05) is 17.7 Å². The summed E-state index contributed by atoms with van der Waals surface area (Å²) >= 11 is 6.03. The SMILES string of the molecule is C/C(=N\NC(=O)c1cccc(O)c1)c1c[nH]c2ccc(Cl)cc12. The Morgan fingerprint density at radius 3 is 2.87 bits per heavy atom. The first-order valence-electron chi connectivity index (χ1n) is 6.95. The molecule has 0 saturated heterocycles. The highest BCUT2D eigenvalue weighted by atomic mass is 35.5. The first-order valence-corrected chi connectivity index (χ1v) is 7.33. The second kappa shape index (κ2) is 6.14. The Hall–Kier alpha value is -2.79. The van der Waals surface area contributed by atoms with E-state index >= 15 is 0 Å². The number of aromatic amines is 1. The van der Waals surface area contributed by atoms with Gasteiger partial charge in [-0.3, -0.25) is 4.79 Å². The maximum absolute atomic E-state index is 12.0. The van der Waals surface area contributed by atoms with Crippen LogP contribution in [-0.2, 0) is 0 Å². The van der Waals surface area contributed by atoms with Crippen LogP contribution in [0.3, 0.4) is 0 Å². The fraction of sp³-hybridized carbons (Fsp3) is 0.0588. The summed E-state index contributed by atoms with van der Waals surface area (Å²) in [6.45, 7) is 1.80. The van der Waals surface area contributed by atoms with E-state index in [4.69, 9.17) is 11.6 Å². The summed E-state index contributed by atoms with van der Waals surface area (Å²) in [5.74, 6) is -0.359. The molecule has 1 aromatic heterocycles. The molecule has 0 unspecified atom stereocenters. The number of aromatic nitrogens is 1. The van der Waals surface area contributed by atoms with E-state index in [0.29, 0.717) is 16.3 Å². The van der Waals surface area contributed by atoms with Gasteiger partial charge in [0.2, 0.25) is 0 Å². The second-order valence-electron chi connectivity index (χ2n) is 5.08. The number of hydrogen-bond donors (Lipinski definition) is 3. The Morgan fingerprint density at radius 1 is 1.26 bits per heavy atom. The molecule has 0 atom stereocenters. The molecular weight excluding hydrogens is 314 g/mol. The summed E-state index contributed by atoms with van der Waals surface area (Å²) in [7, 11) is 0. The first kappa shape index (κ1) is 15.1. The van der Waals surface area contributed by atoms with Crippen LogP contribution in [0.1, 0.15) is 22.8 Å². The number of halogens is 1. The number of carbonyl (C=O) groups is 1. The van der Waals surface area contributed by atoms with Crippen molar-refractivity contribution in [2.24, 2.45) is 5.10 Å².